The van der Waals surface area contributed by atoms with Gasteiger partial charge in [-0.2, -0.15) is 0 Å². The van der Waals surface area contributed by atoms with Crippen LogP contribution in [0.15, 0.2) is 0 Å². The van der Waals surface area contributed by atoms with E-state index in [2.05, 4.69) is 26.1 Å². The molecule has 86 valence electrons. The number of rotatable bonds is 9. The van der Waals surface area contributed by atoms with E-state index in [-0.39, 0.29) is 0 Å². The molecule has 0 radical (unpaired) electrons. The Bertz CT molecular complexity index is 117. The van der Waals surface area contributed by atoms with Gasteiger partial charge in [-0.05, 0) is 24.8 Å². The molecule has 0 aliphatic carbocycles. The largest absolute Gasteiger partial charge is 0.383 e. The minimum absolute atomic E-state index is 0.819. The smallest absolute Gasteiger partial charge is 0.0587 e. The first-order valence-electron chi connectivity index (χ1n) is 5.95. The van der Waals surface area contributed by atoms with Gasteiger partial charge in [0.2, 0.25) is 0 Å². The maximum atomic E-state index is 5.01. The van der Waals surface area contributed by atoms with Crippen molar-refractivity contribution in [2.75, 3.05) is 26.8 Å². The lowest BCUT2D eigenvalue weighted by atomic mass is 9.88. The van der Waals surface area contributed by atoms with E-state index in [0.717, 1.165) is 31.5 Å². The highest BCUT2D eigenvalue weighted by molar-refractivity contribution is 4.67. The fourth-order valence-corrected chi connectivity index (χ4v) is 1.75. The van der Waals surface area contributed by atoms with Crippen LogP contribution in [0.1, 0.15) is 40.0 Å². The van der Waals surface area contributed by atoms with Crippen LogP contribution >= 0.6 is 0 Å². The number of ether oxygens (including phenoxy) is 1. The lowest BCUT2D eigenvalue weighted by molar-refractivity contribution is 0.194. The number of methoxy groups -OCH3 is 1. The molecule has 0 spiro atoms. The average molecular weight is 201 g/mol. The molecule has 14 heavy (non-hydrogen) atoms. The van der Waals surface area contributed by atoms with Crippen molar-refractivity contribution in [1.29, 1.82) is 0 Å². The number of hydrogen-bond acceptors (Lipinski definition) is 2. The monoisotopic (exact) mass is 201 g/mol. The van der Waals surface area contributed by atoms with Crippen molar-refractivity contribution in [1.82, 2.24) is 5.32 Å². The van der Waals surface area contributed by atoms with Crippen molar-refractivity contribution in [3.63, 3.8) is 0 Å². The summed E-state index contributed by atoms with van der Waals surface area (Å²) in [6.07, 6.45) is 3.92. The zero-order valence-electron chi connectivity index (χ0n) is 10.3. The molecule has 0 aromatic carbocycles. The van der Waals surface area contributed by atoms with Gasteiger partial charge in [-0.15, -0.1) is 0 Å². The third kappa shape index (κ3) is 6.39. The van der Waals surface area contributed by atoms with Crippen LogP contribution in [0.2, 0.25) is 0 Å². The molecule has 2 heteroatoms. The van der Waals surface area contributed by atoms with Gasteiger partial charge in [0, 0.05) is 13.7 Å². The van der Waals surface area contributed by atoms with Crippen LogP contribution in [-0.2, 0) is 4.74 Å². The summed E-state index contributed by atoms with van der Waals surface area (Å²) in [5.74, 6) is 1.67. The highest BCUT2D eigenvalue weighted by atomic mass is 16.5. The molecule has 0 aliphatic rings. The Hall–Kier alpha value is -0.0800. The molecule has 2 atom stereocenters. The van der Waals surface area contributed by atoms with Gasteiger partial charge in [0.15, 0.2) is 0 Å². The second-order valence-electron chi connectivity index (χ2n) is 4.13. The molecule has 0 aromatic rings. The SMILES string of the molecule is CCCC(CNCCOC)C(C)CC. The molecule has 0 fully saturated rings. The predicted octanol–water partition coefficient (Wildman–Crippen LogP) is 2.68. The Balaban J connectivity index is 3.61. The quantitative estimate of drug-likeness (QED) is 0.579. The Morgan fingerprint density at radius 3 is 2.50 bits per heavy atom. The normalized spacial score (nSPS) is 15.4. The zero-order valence-corrected chi connectivity index (χ0v) is 10.3. The maximum Gasteiger partial charge on any atom is 0.0587 e. The minimum Gasteiger partial charge on any atom is -0.383 e. The Labute approximate surface area is 89.4 Å². The van der Waals surface area contributed by atoms with Gasteiger partial charge in [-0.1, -0.05) is 33.6 Å². The minimum atomic E-state index is 0.819. The summed E-state index contributed by atoms with van der Waals surface area (Å²) in [4.78, 5) is 0. The lowest BCUT2D eigenvalue weighted by Crippen LogP contribution is -2.29. The molecule has 1 N–H and O–H groups in total. The molecular formula is C12H27NO. The second-order valence-corrected chi connectivity index (χ2v) is 4.13. The number of hydrogen-bond donors (Lipinski definition) is 1. The van der Waals surface area contributed by atoms with Crippen LogP contribution in [0.4, 0.5) is 0 Å². The third-order valence-electron chi connectivity index (χ3n) is 3.00. The molecule has 2 nitrogen and oxygen atoms in total. The van der Waals surface area contributed by atoms with E-state index in [9.17, 15) is 0 Å². The van der Waals surface area contributed by atoms with Crippen LogP contribution in [0.5, 0.6) is 0 Å². The van der Waals surface area contributed by atoms with E-state index in [1.54, 1.807) is 7.11 Å². The van der Waals surface area contributed by atoms with E-state index in [4.69, 9.17) is 4.74 Å². The van der Waals surface area contributed by atoms with E-state index in [1.165, 1.54) is 19.3 Å². The fourth-order valence-electron chi connectivity index (χ4n) is 1.75. The predicted molar refractivity (Wildman–Crippen MR) is 62.6 cm³/mol. The second kappa shape index (κ2) is 9.47. The van der Waals surface area contributed by atoms with Gasteiger partial charge in [0.1, 0.15) is 0 Å². The molecular weight excluding hydrogens is 174 g/mol. The van der Waals surface area contributed by atoms with Crippen LogP contribution in [0, 0.1) is 11.8 Å². The third-order valence-corrected chi connectivity index (χ3v) is 3.00. The molecule has 0 heterocycles. The standard InChI is InChI=1S/C12H27NO/c1-5-7-12(11(3)6-2)10-13-8-9-14-4/h11-13H,5-10H2,1-4H3. The zero-order chi connectivity index (χ0) is 10.8. The lowest BCUT2D eigenvalue weighted by Gasteiger charge is -2.22. The van der Waals surface area contributed by atoms with Gasteiger partial charge in [0.05, 0.1) is 6.61 Å². The Morgan fingerprint density at radius 2 is 2.00 bits per heavy atom. The average Bonchev–Trinajstić information content (AvgIpc) is 2.21. The summed E-state index contributed by atoms with van der Waals surface area (Å²) in [7, 11) is 1.75. The molecule has 0 saturated heterocycles. The summed E-state index contributed by atoms with van der Waals surface area (Å²) >= 11 is 0. The van der Waals surface area contributed by atoms with Crippen LogP contribution in [-0.4, -0.2) is 26.8 Å². The Morgan fingerprint density at radius 1 is 1.29 bits per heavy atom. The van der Waals surface area contributed by atoms with Gasteiger partial charge >= 0.3 is 0 Å². The molecule has 0 rings (SSSR count). The summed E-state index contributed by atoms with van der Waals surface area (Å²) in [6, 6.07) is 0. The summed E-state index contributed by atoms with van der Waals surface area (Å²) in [5.41, 5.74) is 0. The van der Waals surface area contributed by atoms with Crippen molar-refractivity contribution in [2.45, 2.75) is 40.0 Å². The van der Waals surface area contributed by atoms with E-state index < -0.39 is 0 Å². The first-order chi connectivity index (χ1) is 6.76. The summed E-state index contributed by atoms with van der Waals surface area (Å²) in [5, 5.41) is 3.46. The molecule has 0 amide bonds. The van der Waals surface area contributed by atoms with Crippen molar-refractivity contribution in [3.8, 4) is 0 Å². The molecule has 0 aliphatic heterocycles. The van der Waals surface area contributed by atoms with Crippen molar-refractivity contribution in [3.05, 3.63) is 0 Å². The summed E-state index contributed by atoms with van der Waals surface area (Å²) in [6.45, 7) is 9.85. The van der Waals surface area contributed by atoms with Gasteiger partial charge in [-0.25, -0.2) is 0 Å². The van der Waals surface area contributed by atoms with Gasteiger partial charge in [0.25, 0.3) is 0 Å². The highest BCUT2D eigenvalue weighted by Gasteiger charge is 2.13. The van der Waals surface area contributed by atoms with Gasteiger partial charge in [-0.3, -0.25) is 0 Å². The molecule has 0 bridgehead atoms. The molecule has 2 unspecified atom stereocenters. The van der Waals surface area contributed by atoms with Crippen molar-refractivity contribution in [2.24, 2.45) is 11.8 Å². The van der Waals surface area contributed by atoms with Crippen LogP contribution in [0.3, 0.4) is 0 Å². The molecule has 0 saturated carbocycles. The molecule has 0 aromatic heterocycles. The van der Waals surface area contributed by atoms with Gasteiger partial charge < -0.3 is 10.1 Å². The van der Waals surface area contributed by atoms with Crippen molar-refractivity contribution < 1.29 is 4.74 Å². The maximum absolute atomic E-state index is 5.01. The highest BCUT2D eigenvalue weighted by Crippen LogP contribution is 2.19. The van der Waals surface area contributed by atoms with E-state index in [1.807, 2.05) is 0 Å². The van der Waals surface area contributed by atoms with Crippen LogP contribution < -0.4 is 5.32 Å². The fraction of sp³-hybridized carbons (Fsp3) is 1.00. The van der Waals surface area contributed by atoms with Crippen LogP contribution in [0.25, 0.3) is 0 Å². The summed E-state index contributed by atoms with van der Waals surface area (Å²) < 4.78 is 5.01. The van der Waals surface area contributed by atoms with Crippen molar-refractivity contribution >= 4 is 0 Å². The van der Waals surface area contributed by atoms with E-state index in [0.29, 0.717) is 0 Å². The number of nitrogens with one attached hydrogen (secondary N) is 1. The topological polar surface area (TPSA) is 21.3 Å². The first-order valence-corrected chi connectivity index (χ1v) is 5.95. The Kier molecular flexibility index (Phi) is 9.42. The van der Waals surface area contributed by atoms with E-state index >= 15 is 0 Å². The first kappa shape index (κ1) is 13.9.